The molecule has 3 rings (SSSR count). The monoisotopic (exact) mass is 249 g/mol. The molecule has 5 nitrogen and oxygen atoms in total. The summed E-state index contributed by atoms with van der Waals surface area (Å²) >= 11 is 0. The van der Waals surface area contributed by atoms with Crippen LogP contribution in [0.5, 0.6) is 0 Å². The van der Waals surface area contributed by atoms with Crippen molar-refractivity contribution >= 4 is 10.9 Å². The molecule has 1 saturated heterocycles. The van der Waals surface area contributed by atoms with Gasteiger partial charge in [-0.2, -0.15) is 0 Å². The molecule has 1 fully saturated rings. The first-order valence-electron chi connectivity index (χ1n) is 5.81. The highest BCUT2D eigenvalue weighted by Crippen LogP contribution is 2.12. The zero-order valence-corrected chi connectivity index (χ0v) is 9.57. The maximum absolute atomic E-state index is 13.2. The Morgan fingerprint density at radius 2 is 2.17 bits per heavy atom. The second-order valence-corrected chi connectivity index (χ2v) is 4.44. The van der Waals surface area contributed by atoms with E-state index in [1.54, 1.807) is 0 Å². The molecule has 2 N–H and O–H groups in total. The van der Waals surface area contributed by atoms with Crippen molar-refractivity contribution in [2.45, 2.75) is 12.5 Å². The fraction of sp³-hybridized carbons (Fsp3) is 0.333. The van der Waals surface area contributed by atoms with Crippen LogP contribution in [0.1, 0.15) is 12.5 Å². The van der Waals surface area contributed by atoms with Crippen molar-refractivity contribution in [1.82, 2.24) is 14.9 Å². The van der Waals surface area contributed by atoms with E-state index in [9.17, 15) is 14.0 Å². The van der Waals surface area contributed by atoms with E-state index in [1.807, 2.05) is 0 Å². The van der Waals surface area contributed by atoms with Crippen LogP contribution in [0.25, 0.3) is 10.9 Å². The third kappa shape index (κ3) is 1.65. The standard InChI is InChI=1S/C12H12FN3O2/c13-7-1-2-10-9(5-7)11(17)16(12(18)15-10)8-3-4-14-6-8/h1-2,5,8,14H,3-4,6H2,(H,15,18)/t8-/m0/s1. The number of benzene rings is 1. The zero-order chi connectivity index (χ0) is 12.7. The lowest BCUT2D eigenvalue weighted by Gasteiger charge is -2.12. The summed E-state index contributed by atoms with van der Waals surface area (Å²) in [6, 6.07) is 3.63. The maximum atomic E-state index is 13.2. The van der Waals surface area contributed by atoms with Gasteiger partial charge in [-0.05, 0) is 31.2 Å². The summed E-state index contributed by atoms with van der Waals surface area (Å²) < 4.78 is 14.4. The first-order chi connectivity index (χ1) is 8.66. The first-order valence-corrected chi connectivity index (χ1v) is 5.81. The molecule has 1 atom stereocenters. The lowest BCUT2D eigenvalue weighted by molar-refractivity contribution is 0.507. The average molecular weight is 249 g/mol. The number of nitrogens with one attached hydrogen (secondary N) is 2. The molecule has 1 aromatic heterocycles. The molecule has 1 aromatic carbocycles. The Morgan fingerprint density at radius 3 is 2.89 bits per heavy atom. The number of hydrogen-bond acceptors (Lipinski definition) is 3. The van der Waals surface area contributed by atoms with E-state index in [0.29, 0.717) is 12.1 Å². The summed E-state index contributed by atoms with van der Waals surface area (Å²) in [5, 5.41) is 3.31. The second kappa shape index (κ2) is 4.06. The number of aromatic amines is 1. The van der Waals surface area contributed by atoms with E-state index in [2.05, 4.69) is 10.3 Å². The number of aromatic nitrogens is 2. The van der Waals surface area contributed by atoms with Crippen molar-refractivity contribution in [3.63, 3.8) is 0 Å². The van der Waals surface area contributed by atoms with Gasteiger partial charge in [0.1, 0.15) is 5.82 Å². The fourth-order valence-electron chi connectivity index (χ4n) is 2.39. The summed E-state index contributed by atoms with van der Waals surface area (Å²) in [7, 11) is 0. The molecule has 0 unspecified atom stereocenters. The summed E-state index contributed by atoms with van der Waals surface area (Å²) in [6.07, 6.45) is 0.726. The number of halogens is 1. The van der Waals surface area contributed by atoms with Crippen molar-refractivity contribution in [3.8, 4) is 0 Å². The fourth-order valence-corrected chi connectivity index (χ4v) is 2.39. The number of H-pyrrole nitrogens is 1. The third-order valence-corrected chi connectivity index (χ3v) is 3.29. The van der Waals surface area contributed by atoms with E-state index in [1.165, 1.54) is 16.7 Å². The van der Waals surface area contributed by atoms with Gasteiger partial charge in [0.15, 0.2) is 0 Å². The van der Waals surface area contributed by atoms with Gasteiger partial charge in [-0.15, -0.1) is 0 Å². The Balaban J connectivity index is 2.32. The molecule has 2 aromatic rings. The molecule has 94 valence electrons. The Labute approximate surface area is 101 Å². The minimum Gasteiger partial charge on any atom is -0.315 e. The van der Waals surface area contributed by atoms with Gasteiger partial charge in [0.2, 0.25) is 0 Å². The zero-order valence-electron chi connectivity index (χ0n) is 9.57. The predicted molar refractivity (Wildman–Crippen MR) is 65.3 cm³/mol. The quantitative estimate of drug-likeness (QED) is 0.767. The second-order valence-electron chi connectivity index (χ2n) is 4.44. The summed E-state index contributed by atoms with van der Waals surface area (Å²) in [6.45, 7) is 1.36. The Kier molecular flexibility index (Phi) is 2.52. The maximum Gasteiger partial charge on any atom is 0.329 e. The highest BCUT2D eigenvalue weighted by molar-refractivity contribution is 5.77. The molecule has 1 aliphatic heterocycles. The van der Waals surface area contributed by atoms with Crippen LogP contribution in [0.3, 0.4) is 0 Å². The van der Waals surface area contributed by atoms with Gasteiger partial charge in [0.25, 0.3) is 5.56 Å². The van der Waals surface area contributed by atoms with Crippen LogP contribution in [0.4, 0.5) is 4.39 Å². The minimum absolute atomic E-state index is 0.158. The van der Waals surface area contributed by atoms with Crippen molar-refractivity contribution in [3.05, 3.63) is 44.9 Å². The van der Waals surface area contributed by atoms with E-state index >= 15 is 0 Å². The largest absolute Gasteiger partial charge is 0.329 e. The van der Waals surface area contributed by atoms with Crippen LogP contribution in [-0.4, -0.2) is 22.6 Å². The summed E-state index contributed by atoms with van der Waals surface area (Å²) in [5.41, 5.74) is -0.497. The third-order valence-electron chi connectivity index (χ3n) is 3.29. The Morgan fingerprint density at radius 1 is 1.33 bits per heavy atom. The summed E-state index contributed by atoms with van der Waals surface area (Å²) in [4.78, 5) is 26.8. The predicted octanol–water partition coefficient (Wildman–Crippen LogP) is 0.363. The summed E-state index contributed by atoms with van der Waals surface area (Å²) in [5.74, 6) is -0.484. The van der Waals surface area contributed by atoms with Gasteiger partial charge in [0, 0.05) is 6.54 Å². The first kappa shape index (κ1) is 11.2. The van der Waals surface area contributed by atoms with Gasteiger partial charge >= 0.3 is 5.69 Å². The molecule has 2 heterocycles. The normalized spacial score (nSPS) is 19.5. The molecule has 0 saturated carbocycles. The van der Waals surface area contributed by atoms with Crippen molar-refractivity contribution in [2.75, 3.05) is 13.1 Å². The van der Waals surface area contributed by atoms with Gasteiger partial charge in [-0.3, -0.25) is 9.36 Å². The molecule has 0 amide bonds. The SMILES string of the molecule is O=c1[nH]c2ccc(F)cc2c(=O)n1[C@H]1CCNC1. The smallest absolute Gasteiger partial charge is 0.315 e. The van der Waals surface area contributed by atoms with Crippen molar-refractivity contribution in [2.24, 2.45) is 0 Å². The van der Waals surface area contributed by atoms with Gasteiger partial charge in [0.05, 0.1) is 16.9 Å². The molecular weight excluding hydrogens is 237 g/mol. The highest BCUT2D eigenvalue weighted by atomic mass is 19.1. The van der Waals surface area contributed by atoms with Crippen molar-refractivity contribution < 1.29 is 4.39 Å². The molecule has 0 radical (unpaired) electrons. The molecule has 1 aliphatic rings. The lowest BCUT2D eigenvalue weighted by Crippen LogP contribution is -2.38. The molecule has 0 aliphatic carbocycles. The Hall–Kier alpha value is -1.95. The van der Waals surface area contributed by atoms with Crippen molar-refractivity contribution in [1.29, 1.82) is 0 Å². The van der Waals surface area contributed by atoms with Crippen LogP contribution < -0.4 is 16.6 Å². The number of fused-ring (bicyclic) bond motifs is 1. The topological polar surface area (TPSA) is 66.9 Å². The van der Waals surface area contributed by atoms with Crippen LogP contribution in [0, 0.1) is 5.82 Å². The molecule has 0 bridgehead atoms. The van der Waals surface area contributed by atoms with Gasteiger partial charge in [-0.25, -0.2) is 9.18 Å². The highest BCUT2D eigenvalue weighted by Gasteiger charge is 2.21. The van der Waals surface area contributed by atoms with Crippen LogP contribution in [0.2, 0.25) is 0 Å². The minimum atomic E-state index is -0.484. The van der Waals surface area contributed by atoms with E-state index in [4.69, 9.17) is 0 Å². The molecule has 18 heavy (non-hydrogen) atoms. The van der Waals surface area contributed by atoms with E-state index < -0.39 is 17.1 Å². The van der Waals surface area contributed by atoms with E-state index in [-0.39, 0.29) is 11.4 Å². The molecule has 6 heteroatoms. The van der Waals surface area contributed by atoms with Crippen LogP contribution >= 0.6 is 0 Å². The van der Waals surface area contributed by atoms with Gasteiger partial charge in [-0.1, -0.05) is 0 Å². The molecular formula is C12H12FN3O2. The average Bonchev–Trinajstić information content (AvgIpc) is 2.84. The number of hydrogen-bond donors (Lipinski definition) is 2. The lowest BCUT2D eigenvalue weighted by atomic mass is 10.2. The van der Waals surface area contributed by atoms with Crippen LogP contribution in [-0.2, 0) is 0 Å². The van der Waals surface area contributed by atoms with Crippen LogP contribution in [0.15, 0.2) is 27.8 Å². The van der Waals surface area contributed by atoms with E-state index in [0.717, 1.165) is 19.0 Å². The Bertz CT molecular complexity index is 713. The van der Waals surface area contributed by atoms with Gasteiger partial charge < -0.3 is 10.3 Å². The molecule has 0 spiro atoms. The number of nitrogens with zero attached hydrogens (tertiary/aromatic N) is 1. The number of rotatable bonds is 1.